The molecular formula is C15H13F2NO. The molecule has 98 valence electrons. The Hall–Kier alpha value is -2.23. The van der Waals surface area contributed by atoms with Gasteiger partial charge in [0.25, 0.3) is 5.91 Å². The highest BCUT2D eigenvalue weighted by Gasteiger charge is 2.12. The van der Waals surface area contributed by atoms with Crippen molar-refractivity contribution in [2.24, 2.45) is 0 Å². The van der Waals surface area contributed by atoms with Gasteiger partial charge in [-0.05, 0) is 37.1 Å². The number of hydrogen-bond acceptors (Lipinski definition) is 1. The van der Waals surface area contributed by atoms with Gasteiger partial charge in [-0.1, -0.05) is 18.2 Å². The molecule has 0 aromatic heterocycles. The zero-order chi connectivity index (χ0) is 14.0. The van der Waals surface area contributed by atoms with Gasteiger partial charge in [-0.25, -0.2) is 8.78 Å². The number of benzene rings is 2. The molecule has 1 N–H and O–H groups in total. The van der Waals surface area contributed by atoms with Crippen LogP contribution in [-0.4, -0.2) is 5.91 Å². The van der Waals surface area contributed by atoms with Crippen molar-refractivity contribution in [1.29, 1.82) is 0 Å². The largest absolute Gasteiger partial charge is 0.322 e. The molecule has 0 heterocycles. The molecule has 1 amide bonds. The Kier molecular flexibility index (Phi) is 3.60. The van der Waals surface area contributed by atoms with E-state index < -0.39 is 11.6 Å². The first-order valence-corrected chi connectivity index (χ1v) is 5.81. The van der Waals surface area contributed by atoms with Crippen molar-refractivity contribution < 1.29 is 13.6 Å². The monoisotopic (exact) mass is 261 g/mol. The third-order valence-electron chi connectivity index (χ3n) is 2.83. The average molecular weight is 261 g/mol. The van der Waals surface area contributed by atoms with Crippen LogP contribution in [0, 0.1) is 25.5 Å². The second-order valence-electron chi connectivity index (χ2n) is 4.38. The number of carbonyl (C=O) groups is 1. The van der Waals surface area contributed by atoms with E-state index in [1.807, 2.05) is 32.0 Å². The summed E-state index contributed by atoms with van der Waals surface area (Å²) in [5.41, 5.74) is 2.25. The Morgan fingerprint density at radius 2 is 1.53 bits per heavy atom. The lowest BCUT2D eigenvalue weighted by Gasteiger charge is -2.10. The molecule has 2 nitrogen and oxygen atoms in total. The molecule has 0 bridgehead atoms. The van der Waals surface area contributed by atoms with Crippen molar-refractivity contribution >= 4 is 11.6 Å². The lowest BCUT2D eigenvalue weighted by molar-refractivity contribution is 0.102. The van der Waals surface area contributed by atoms with Crippen LogP contribution >= 0.6 is 0 Å². The maximum Gasteiger partial charge on any atom is 0.256 e. The second kappa shape index (κ2) is 5.18. The molecule has 2 rings (SSSR count). The van der Waals surface area contributed by atoms with Crippen molar-refractivity contribution in [2.75, 3.05) is 5.32 Å². The first-order valence-electron chi connectivity index (χ1n) is 5.81. The Morgan fingerprint density at radius 1 is 1.00 bits per heavy atom. The molecule has 19 heavy (non-hydrogen) atoms. The summed E-state index contributed by atoms with van der Waals surface area (Å²) in [5.74, 6) is -1.82. The van der Waals surface area contributed by atoms with Gasteiger partial charge in [0.05, 0.1) is 0 Å². The van der Waals surface area contributed by atoms with E-state index in [1.165, 1.54) is 0 Å². The van der Waals surface area contributed by atoms with Crippen LogP contribution in [0.15, 0.2) is 36.4 Å². The number of amides is 1. The van der Waals surface area contributed by atoms with Gasteiger partial charge < -0.3 is 5.32 Å². The zero-order valence-corrected chi connectivity index (χ0v) is 10.6. The molecule has 0 aliphatic heterocycles. The fourth-order valence-corrected chi connectivity index (χ4v) is 1.99. The Morgan fingerprint density at radius 3 is 2.05 bits per heavy atom. The quantitative estimate of drug-likeness (QED) is 0.874. The van der Waals surface area contributed by atoms with Gasteiger partial charge in [0.2, 0.25) is 0 Å². The first-order chi connectivity index (χ1) is 8.97. The fraction of sp³-hybridized carbons (Fsp3) is 0.133. The summed E-state index contributed by atoms with van der Waals surface area (Å²) in [4.78, 5) is 12.1. The third-order valence-corrected chi connectivity index (χ3v) is 2.83. The molecule has 4 heteroatoms. The summed E-state index contributed by atoms with van der Waals surface area (Å²) < 4.78 is 26.1. The number of aryl methyl sites for hydroxylation is 2. The first kappa shape index (κ1) is 13.2. The number of carbonyl (C=O) groups excluding carboxylic acids is 1. The maximum absolute atomic E-state index is 13.0. The zero-order valence-electron chi connectivity index (χ0n) is 10.6. The van der Waals surface area contributed by atoms with E-state index >= 15 is 0 Å². The van der Waals surface area contributed by atoms with Crippen molar-refractivity contribution in [3.63, 3.8) is 0 Å². The highest BCUT2D eigenvalue weighted by atomic mass is 19.1. The molecule has 0 radical (unpaired) electrons. The lowest BCUT2D eigenvalue weighted by atomic mass is 10.0. The predicted octanol–water partition coefficient (Wildman–Crippen LogP) is 3.83. The van der Waals surface area contributed by atoms with E-state index in [0.717, 1.165) is 29.3 Å². The summed E-state index contributed by atoms with van der Waals surface area (Å²) in [6.07, 6.45) is 0. The minimum absolute atomic E-state index is 0.102. The number of nitrogens with one attached hydrogen (secondary N) is 1. The molecule has 0 spiro atoms. The summed E-state index contributed by atoms with van der Waals surface area (Å²) in [5, 5.41) is 2.50. The normalized spacial score (nSPS) is 10.3. The van der Waals surface area contributed by atoms with Crippen LogP contribution < -0.4 is 5.32 Å². The SMILES string of the molecule is Cc1cccc(C)c1C(=O)Nc1cc(F)cc(F)c1. The number of hydrogen-bond donors (Lipinski definition) is 1. The van der Waals surface area contributed by atoms with Crippen LogP contribution in [0.4, 0.5) is 14.5 Å². The summed E-state index contributed by atoms with van der Waals surface area (Å²) in [6.45, 7) is 3.63. The van der Waals surface area contributed by atoms with Crippen LogP contribution in [0.5, 0.6) is 0 Å². The van der Waals surface area contributed by atoms with Gasteiger partial charge in [-0.3, -0.25) is 4.79 Å². The molecule has 0 aliphatic carbocycles. The molecule has 0 unspecified atom stereocenters. The van der Waals surface area contributed by atoms with Crippen LogP contribution in [0.2, 0.25) is 0 Å². The predicted molar refractivity (Wildman–Crippen MR) is 70.2 cm³/mol. The van der Waals surface area contributed by atoms with E-state index in [1.54, 1.807) is 0 Å². The number of halogens is 2. The summed E-state index contributed by atoms with van der Waals surface area (Å²) >= 11 is 0. The smallest absolute Gasteiger partial charge is 0.256 e. The van der Waals surface area contributed by atoms with Gasteiger partial charge in [-0.15, -0.1) is 0 Å². The molecule has 0 saturated heterocycles. The van der Waals surface area contributed by atoms with Crippen LogP contribution in [0.3, 0.4) is 0 Å². The van der Waals surface area contributed by atoms with Gasteiger partial charge in [0, 0.05) is 17.3 Å². The van der Waals surface area contributed by atoms with Crippen LogP contribution in [0.25, 0.3) is 0 Å². The van der Waals surface area contributed by atoms with Gasteiger partial charge >= 0.3 is 0 Å². The summed E-state index contributed by atoms with van der Waals surface area (Å²) in [6, 6.07) is 8.39. The minimum atomic E-state index is -0.725. The van der Waals surface area contributed by atoms with Gasteiger partial charge in [0.15, 0.2) is 0 Å². The molecule has 2 aromatic rings. The number of anilines is 1. The van der Waals surface area contributed by atoms with E-state index in [0.29, 0.717) is 5.56 Å². The molecule has 0 saturated carbocycles. The molecule has 0 atom stereocenters. The van der Waals surface area contributed by atoms with Crippen molar-refractivity contribution in [1.82, 2.24) is 0 Å². The molecule has 2 aromatic carbocycles. The van der Waals surface area contributed by atoms with Crippen molar-refractivity contribution in [3.8, 4) is 0 Å². The standard InChI is InChI=1S/C15H13F2NO/c1-9-4-3-5-10(2)14(9)15(19)18-13-7-11(16)6-12(17)8-13/h3-8H,1-2H3,(H,18,19). The lowest BCUT2D eigenvalue weighted by Crippen LogP contribution is -2.15. The highest BCUT2D eigenvalue weighted by Crippen LogP contribution is 2.17. The van der Waals surface area contributed by atoms with E-state index in [9.17, 15) is 13.6 Å². The third kappa shape index (κ3) is 2.96. The van der Waals surface area contributed by atoms with Gasteiger partial charge in [0.1, 0.15) is 11.6 Å². The number of rotatable bonds is 2. The maximum atomic E-state index is 13.0. The fourth-order valence-electron chi connectivity index (χ4n) is 1.99. The Bertz CT molecular complexity index is 598. The van der Waals surface area contributed by atoms with Gasteiger partial charge in [-0.2, -0.15) is 0 Å². The van der Waals surface area contributed by atoms with E-state index in [4.69, 9.17) is 0 Å². The average Bonchev–Trinajstić information content (AvgIpc) is 2.26. The van der Waals surface area contributed by atoms with Crippen molar-refractivity contribution in [2.45, 2.75) is 13.8 Å². The topological polar surface area (TPSA) is 29.1 Å². The minimum Gasteiger partial charge on any atom is -0.322 e. The van der Waals surface area contributed by atoms with Crippen LogP contribution in [0.1, 0.15) is 21.5 Å². The Balaban J connectivity index is 2.31. The molecular weight excluding hydrogens is 248 g/mol. The van der Waals surface area contributed by atoms with E-state index in [2.05, 4.69) is 5.32 Å². The summed E-state index contributed by atoms with van der Waals surface area (Å²) in [7, 11) is 0. The van der Waals surface area contributed by atoms with Crippen molar-refractivity contribution in [3.05, 3.63) is 64.7 Å². The van der Waals surface area contributed by atoms with Crippen LogP contribution in [-0.2, 0) is 0 Å². The molecule has 0 fully saturated rings. The highest BCUT2D eigenvalue weighted by molar-refractivity contribution is 6.06. The molecule has 0 aliphatic rings. The van der Waals surface area contributed by atoms with E-state index in [-0.39, 0.29) is 11.6 Å². The second-order valence-corrected chi connectivity index (χ2v) is 4.38. The Labute approximate surface area is 110 Å².